The van der Waals surface area contributed by atoms with Gasteiger partial charge in [0.1, 0.15) is 5.75 Å². The predicted octanol–water partition coefficient (Wildman–Crippen LogP) is 3.21. The number of nitrogen functional groups attached to an aromatic ring is 1. The summed E-state index contributed by atoms with van der Waals surface area (Å²) in [5.74, 6) is 0.963. The van der Waals surface area contributed by atoms with E-state index in [4.69, 9.17) is 22.1 Å². The first-order valence-corrected chi connectivity index (χ1v) is 5.51. The van der Waals surface area contributed by atoms with Gasteiger partial charge in [-0.1, -0.05) is 35.9 Å². The molecule has 88 valence electrons. The number of nitrogens with two attached hydrogens (primary N) is 1. The third-order valence-corrected chi connectivity index (χ3v) is 2.65. The Morgan fingerprint density at radius 1 is 1.12 bits per heavy atom. The number of ether oxygens (including phenoxy) is 1. The summed E-state index contributed by atoms with van der Waals surface area (Å²) >= 11 is 6.01. The number of benzene rings is 2. The maximum atomic E-state index is 9.19. The van der Waals surface area contributed by atoms with Crippen molar-refractivity contribution in [3.05, 3.63) is 53.1 Å². The minimum atomic E-state index is -0.0967. The van der Waals surface area contributed by atoms with Crippen LogP contribution in [0.4, 0.5) is 5.69 Å². The third-order valence-electron chi connectivity index (χ3n) is 2.35. The Kier molecular flexibility index (Phi) is 3.52. The molecule has 17 heavy (non-hydrogen) atoms. The number of hydrogen-bond acceptors (Lipinski definition) is 3. The van der Waals surface area contributed by atoms with Crippen molar-refractivity contribution in [3.63, 3.8) is 0 Å². The lowest BCUT2D eigenvalue weighted by molar-refractivity contribution is 0.276. The molecule has 0 aromatic heterocycles. The zero-order valence-corrected chi connectivity index (χ0v) is 9.82. The highest BCUT2D eigenvalue weighted by Gasteiger charge is 2.09. The molecule has 2 rings (SSSR count). The van der Waals surface area contributed by atoms with E-state index in [1.54, 1.807) is 30.3 Å². The van der Waals surface area contributed by atoms with E-state index in [1.807, 2.05) is 12.1 Å². The summed E-state index contributed by atoms with van der Waals surface area (Å²) in [6.07, 6.45) is 0. The molecule has 2 aromatic rings. The highest BCUT2D eigenvalue weighted by molar-refractivity contribution is 6.32. The lowest BCUT2D eigenvalue weighted by atomic mass is 10.2. The van der Waals surface area contributed by atoms with Crippen molar-refractivity contribution in [2.45, 2.75) is 6.61 Å². The van der Waals surface area contributed by atoms with Gasteiger partial charge >= 0.3 is 0 Å². The van der Waals surface area contributed by atoms with Crippen LogP contribution in [0, 0.1) is 0 Å². The smallest absolute Gasteiger partial charge is 0.168 e. The van der Waals surface area contributed by atoms with E-state index in [0.29, 0.717) is 27.8 Å². The van der Waals surface area contributed by atoms with Crippen molar-refractivity contribution in [1.82, 2.24) is 0 Å². The van der Waals surface area contributed by atoms with Gasteiger partial charge in [0.15, 0.2) is 5.75 Å². The Hall–Kier alpha value is -1.71. The molecule has 0 aliphatic rings. The first-order chi connectivity index (χ1) is 8.22. The van der Waals surface area contributed by atoms with E-state index >= 15 is 0 Å². The van der Waals surface area contributed by atoms with Gasteiger partial charge in [0, 0.05) is 5.56 Å². The maximum absolute atomic E-state index is 9.19. The normalized spacial score (nSPS) is 10.2. The molecule has 0 fully saturated rings. The average molecular weight is 250 g/mol. The lowest BCUT2D eigenvalue weighted by Crippen LogP contribution is -1.95. The Bertz CT molecular complexity index is 508. The highest BCUT2D eigenvalue weighted by Crippen LogP contribution is 2.35. The SMILES string of the molecule is Nc1cccc(Cl)c1Oc1ccccc1CO. The predicted molar refractivity (Wildman–Crippen MR) is 68.3 cm³/mol. The number of anilines is 1. The number of para-hydroxylation sites is 2. The highest BCUT2D eigenvalue weighted by atomic mass is 35.5. The molecule has 0 bridgehead atoms. The third kappa shape index (κ3) is 2.52. The van der Waals surface area contributed by atoms with E-state index in [-0.39, 0.29) is 6.61 Å². The van der Waals surface area contributed by atoms with Gasteiger partial charge in [0.2, 0.25) is 0 Å². The zero-order chi connectivity index (χ0) is 12.3. The summed E-state index contributed by atoms with van der Waals surface area (Å²) in [4.78, 5) is 0. The molecule has 0 aliphatic carbocycles. The van der Waals surface area contributed by atoms with Gasteiger partial charge in [-0.3, -0.25) is 0 Å². The van der Waals surface area contributed by atoms with Crippen LogP contribution in [0.3, 0.4) is 0 Å². The van der Waals surface area contributed by atoms with Crippen LogP contribution in [0.15, 0.2) is 42.5 Å². The molecule has 0 saturated heterocycles. The van der Waals surface area contributed by atoms with E-state index in [2.05, 4.69) is 0 Å². The van der Waals surface area contributed by atoms with Crippen molar-refractivity contribution in [3.8, 4) is 11.5 Å². The molecule has 0 heterocycles. The molecular weight excluding hydrogens is 238 g/mol. The van der Waals surface area contributed by atoms with E-state index in [1.165, 1.54) is 0 Å². The van der Waals surface area contributed by atoms with Gasteiger partial charge in [-0.15, -0.1) is 0 Å². The number of rotatable bonds is 3. The first-order valence-electron chi connectivity index (χ1n) is 5.13. The second kappa shape index (κ2) is 5.08. The van der Waals surface area contributed by atoms with Crippen LogP contribution in [0.25, 0.3) is 0 Å². The number of halogens is 1. The van der Waals surface area contributed by atoms with E-state index < -0.39 is 0 Å². The molecule has 0 saturated carbocycles. The Morgan fingerprint density at radius 2 is 1.88 bits per heavy atom. The summed E-state index contributed by atoms with van der Waals surface area (Å²) in [6, 6.07) is 12.4. The van der Waals surface area contributed by atoms with Crippen LogP contribution in [0.1, 0.15) is 5.56 Å². The van der Waals surface area contributed by atoms with Crippen LogP contribution in [0.5, 0.6) is 11.5 Å². The van der Waals surface area contributed by atoms with Gasteiger partial charge < -0.3 is 15.6 Å². The fourth-order valence-corrected chi connectivity index (χ4v) is 1.70. The first kappa shape index (κ1) is 11.8. The monoisotopic (exact) mass is 249 g/mol. The van der Waals surface area contributed by atoms with Crippen LogP contribution in [0.2, 0.25) is 5.02 Å². The van der Waals surface area contributed by atoms with Crippen LogP contribution in [-0.4, -0.2) is 5.11 Å². The van der Waals surface area contributed by atoms with Crippen molar-refractivity contribution in [2.75, 3.05) is 5.73 Å². The molecule has 3 N–H and O–H groups in total. The molecule has 0 unspecified atom stereocenters. The van der Waals surface area contributed by atoms with Crippen LogP contribution < -0.4 is 10.5 Å². The number of aliphatic hydroxyl groups is 1. The molecule has 0 aliphatic heterocycles. The second-order valence-electron chi connectivity index (χ2n) is 3.53. The Morgan fingerprint density at radius 3 is 2.59 bits per heavy atom. The van der Waals surface area contributed by atoms with Gasteiger partial charge in [-0.25, -0.2) is 0 Å². The fourth-order valence-electron chi connectivity index (χ4n) is 1.48. The maximum Gasteiger partial charge on any atom is 0.168 e. The van der Waals surface area contributed by atoms with Crippen molar-refractivity contribution in [1.29, 1.82) is 0 Å². The summed E-state index contributed by atoms with van der Waals surface area (Å²) in [5.41, 5.74) is 6.94. The zero-order valence-electron chi connectivity index (χ0n) is 9.06. The molecule has 0 amide bonds. The fraction of sp³-hybridized carbons (Fsp3) is 0.0769. The molecule has 0 atom stereocenters. The number of aliphatic hydroxyl groups excluding tert-OH is 1. The van der Waals surface area contributed by atoms with Crippen molar-refractivity contribution in [2.24, 2.45) is 0 Å². The van der Waals surface area contributed by atoms with Crippen molar-refractivity contribution < 1.29 is 9.84 Å². The molecule has 0 spiro atoms. The molecule has 3 nitrogen and oxygen atoms in total. The quantitative estimate of drug-likeness (QED) is 0.822. The summed E-state index contributed by atoms with van der Waals surface area (Å²) in [5, 5.41) is 9.63. The summed E-state index contributed by atoms with van der Waals surface area (Å²) < 4.78 is 5.64. The Balaban J connectivity index is 2.38. The average Bonchev–Trinajstić information content (AvgIpc) is 2.34. The van der Waals surface area contributed by atoms with Gasteiger partial charge in [0.25, 0.3) is 0 Å². The second-order valence-corrected chi connectivity index (χ2v) is 3.93. The lowest BCUT2D eigenvalue weighted by Gasteiger charge is -2.12. The summed E-state index contributed by atoms with van der Waals surface area (Å²) in [7, 11) is 0. The van der Waals surface area contributed by atoms with E-state index in [0.717, 1.165) is 0 Å². The summed E-state index contributed by atoms with van der Waals surface area (Å²) in [6.45, 7) is -0.0967. The largest absolute Gasteiger partial charge is 0.453 e. The minimum Gasteiger partial charge on any atom is -0.453 e. The molecular formula is C13H12ClNO2. The van der Waals surface area contributed by atoms with Gasteiger partial charge in [-0.05, 0) is 18.2 Å². The van der Waals surface area contributed by atoms with E-state index in [9.17, 15) is 5.11 Å². The Labute approximate surface area is 104 Å². The number of hydrogen-bond donors (Lipinski definition) is 2. The van der Waals surface area contributed by atoms with Gasteiger partial charge in [-0.2, -0.15) is 0 Å². The molecule has 2 aromatic carbocycles. The minimum absolute atomic E-state index is 0.0967. The van der Waals surface area contributed by atoms with Crippen LogP contribution >= 0.6 is 11.6 Å². The van der Waals surface area contributed by atoms with Crippen molar-refractivity contribution >= 4 is 17.3 Å². The molecule has 0 radical (unpaired) electrons. The van der Waals surface area contributed by atoms with Crippen LogP contribution in [-0.2, 0) is 6.61 Å². The van der Waals surface area contributed by atoms with Gasteiger partial charge in [0.05, 0.1) is 17.3 Å². The standard InChI is InChI=1S/C13H12ClNO2/c14-10-5-3-6-11(15)13(10)17-12-7-2-1-4-9(12)8-16/h1-7,16H,8,15H2. The topological polar surface area (TPSA) is 55.5 Å². The molecule has 4 heteroatoms.